The summed E-state index contributed by atoms with van der Waals surface area (Å²) in [4.78, 5) is 14.6. The molecule has 0 bridgehead atoms. The molecular formula is C10H15N3O4. The predicted octanol–water partition coefficient (Wildman–Crippen LogP) is 1.03. The maximum absolute atomic E-state index is 10.5. The highest BCUT2D eigenvalue weighted by molar-refractivity contribution is 5.64. The Labute approximate surface area is 97.8 Å². The van der Waals surface area contributed by atoms with E-state index in [0.29, 0.717) is 18.2 Å². The Morgan fingerprint density at radius 3 is 2.88 bits per heavy atom. The van der Waals surface area contributed by atoms with Crippen LogP contribution < -0.4 is 5.32 Å². The number of hydrogen-bond acceptors (Lipinski definition) is 5. The first-order valence-electron chi connectivity index (χ1n) is 5.62. The van der Waals surface area contributed by atoms with Gasteiger partial charge in [0.2, 0.25) is 11.7 Å². The van der Waals surface area contributed by atoms with E-state index in [1.807, 2.05) is 0 Å². The van der Waals surface area contributed by atoms with Gasteiger partial charge in [-0.1, -0.05) is 12.1 Å². The van der Waals surface area contributed by atoms with Gasteiger partial charge in [0.1, 0.15) is 6.10 Å². The van der Waals surface area contributed by atoms with Gasteiger partial charge in [-0.25, -0.2) is 4.79 Å². The van der Waals surface area contributed by atoms with E-state index in [1.165, 1.54) is 0 Å². The van der Waals surface area contributed by atoms with Crippen molar-refractivity contribution in [3.8, 4) is 0 Å². The lowest BCUT2D eigenvalue weighted by Crippen LogP contribution is -2.38. The second kappa shape index (κ2) is 4.70. The van der Waals surface area contributed by atoms with Crippen LogP contribution >= 0.6 is 0 Å². The standard InChI is InChI=1S/C10H15N3O4/c1-2-6(11-10(15)16)7(14)8-12-9(17-13-8)5-3-4-5/h5-7,11,14H,2-4H2,1H3,(H,15,16)/t6-,7?/m0/s1. The van der Waals surface area contributed by atoms with Crippen LogP contribution in [0.4, 0.5) is 4.79 Å². The highest BCUT2D eigenvalue weighted by Crippen LogP contribution is 2.39. The lowest BCUT2D eigenvalue weighted by molar-refractivity contribution is 0.109. The average molecular weight is 241 g/mol. The SMILES string of the molecule is CC[C@H](NC(=O)O)C(O)c1noc(C2CC2)n1. The summed E-state index contributed by atoms with van der Waals surface area (Å²) in [5.41, 5.74) is 0. The molecule has 1 aromatic heterocycles. The summed E-state index contributed by atoms with van der Waals surface area (Å²) in [5, 5.41) is 24.5. The molecule has 7 heteroatoms. The van der Waals surface area contributed by atoms with Crippen molar-refractivity contribution in [2.24, 2.45) is 0 Å². The normalized spacial score (nSPS) is 18.7. The molecule has 3 N–H and O–H groups in total. The quantitative estimate of drug-likeness (QED) is 0.710. The summed E-state index contributed by atoms with van der Waals surface area (Å²) in [6.07, 6.45) is 0.250. The number of nitrogens with zero attached hydrogens (tertiary/aromatic N) is 2. The number of carbonyl (C=O) groups is 1. The van der Waals surface area contributed by atoms with E-state index in [4.69, 9.17) is 9.63 Å². The zero-order valence-electron chi connectivity index (χ0n) is 9.46. The van der Waals surface area contributed by atoms with Gasteiger partial charge in [-0.3, -0.25) is 0 Å². The van der Waals surface area contributed by atoms with Crippen LogP contribution in [-0.2, 0) is 0 Å². The first-order chi connectivity index (χ1) is 8.11. The van der Waals surface area contributed by atoms with Crippen LogP contribution in [0.15, 0.2) is 4.52 Å². The number of carboxylic acid groups (broad SMARTS) is 1. The lowest BCUT2D eigenvalue weighted by Gasteiger charge is -2.18. The number of hydrogen-bond donors (Lipinski definition) is 3. The first-order valence-corrected chi connectivity index (χ1v) is 5.62. The number of aliphatic hydroxyl groups excluding tert-OH is 1. The van der Waals surface area contributed by atoms with E-state index in [-0.39, 0.29) is 5.82 Å². The molecule has 1 amide bonds. The zero-order valence-corrected chi connectivity index (χ0v) is 9.46. The summed E-state index contributed by atoms with van der Waals surface area (Å²) in [6.45, 7) is 1.77. The van der Waals surface area contributed by atoms with Crippen LogP contribution in [0.25, 0.3) is 0 Å². The van der Waals surface area contributed by atoms with Crippen molar-refractivity contribution in [2.75, 3.05) is 0 Å². The van der Waals surface area contributed by atoms with Crippen molar-refractivity contribution in [2.45, 2.75) is 44.2 Å². The molecule has 7 nitrogen and oxygen atoms in total. The minimum Gasteiger partial charge on any atom is -0.465 e. The van der Waals surface area contributed by atoms with Gasteiger partial charge >= 0.3 is 6.09 Å². The number of amides is 1. The highest BCUT2D eigenvalue weighted by Gasteiger charge is 2.32. The van der Waals surface area contributed by atoms with E-state index < -0.39 is 18.2 Å². The van der Waals surface area contributed by atoms with E-state index in [1.54, 1.807) is 6.92 Å². The molecule has 17 heavy (non-hydrogen) atoms. The second-order valence-corrected chi connectivity index (χ2v) is 4.17. The van der Waals surface area contributed by atoms with Crippen molar-refractivity contribution < 1.29 is 19.5 Å². The molecule has 0 spiro atoms. The van der Waals surface area contributed by atoms with Gasteiger partial charge in [-0.05, 0) is 19.3 Å². The van der Waals surface area contributed by atoms with Crippen molar-refractivity contribution >= 4 is 6.09 Å². The molecular weight excluding hydrogens is 226 g/mol. The van der Waals surface area contributed by atoms with E-state index >= 15 is 0 Å². The smallest absolute Gasteiger partial charge is 0.404 e. The minimum atomic E-state index is -1.18. The Balaban J connectivity index is 2.04. The van der Waals surface area contributed by atoms with Gasteiger partial charge in [0, 0.05) is 5.92 Å². The fourth-order valence-electron chi connectivity index (χ4n) is 1.61. The highest BCUT2D eigenvalue weighted by atomic mass is 16.5. The van der Waals surface area contributed by atoms with Crippen LogP contribution in [0.5, 0.6) is 0 Å². The second-order valence-electron chi connectivity index (χ2n) is 4.17. The lowest BCUT2D eigenvalue weighted by atomic mass is 10.1. The fraction of sp³-hybridized carbons (Fsp3) is 0.700. The van der Waals surface area contributed by atoms with Crippen LogP contribution in [0, 0.1) is 0 Å². The largest absolute Gasteiger partial charge is 0.465 e. The van der Waals surface area contributed by atoms with Gasteiger partial charge < -0.3 is 20.1 Å². The van der Waals surface area contributed by atoms with Crippen LogP contribution in [0.1, 0.15) is 49.9 Å². The maximum Gasteiger partial charge on any atom is 0.404 e. The third-order valence-electron chi connectivity index (χ3n) is 2.78. The molecule has 1 unspecified atom stereocenters. The summed E-state index contributed by atoms with van der Waals surface area (Å²) >= 11 is 0. The summed E-state index contributed by atoms with van der Waals surface area (Å²) < 4.78 is 5.01. The molecule has 94 valence electrons. The van der Waals surface area contributed by atoms with Crippen molar-refractivity contribution in [3.63, 3.8) is 0 Å². The molecule has 0 aromatic carbocycles. The van der Waals surface area contributed by atoms with Crippen molar-refractivity contribution in [3.05, 3.63) is 11.7 Å². The molecule has 0 radical (unpaired) electrons. The Kier molecular flexibility index (Phi) is 3.28. The first kappa shape index (κ1) is 11.8. The van der Waals surface area contributed by atoms with Gasteiger partial charge in [-0.2, -0.15) is 4.98 Å². The fourth-order valence-corrected chi connectivity index (χ4v) is 1.61. The molecule has 1 heterocycles. The Bertz CT molecular complexity index is 402. The van der Waals surface area contributed by atoms with Crippen molar-refractivity contribution in [1.82, 2.24) is 15.5 Å². The third-order valence-corrected chi connectivity index (χ3v) is 2.78. The summed E-state index contributed by atoms with van der Waals surface area (Å²) in [5.74, 6) is 0.993. The van der Waals surface area contributed by atoms with Gasteiger partial charge in [0.25, 0.3) is 0 Å². The monoisotopic (exact) mass is 241 g/mol. The third kappa shape index (κ3) is 2.73. The summed E-state index contributed by atoms with van der Waals surface area (Å²) in [7, 11) is 0. The zero-order chi connectivity index (χ0) is 12.4. The number of aromatic nitrogens is 2. The van der Waals surface area contributed by atoms with Gasteiger partial charge in [0.05, 0.1) is 6.04 Å². The molecule has 1 aliphatic carbocycles. The molecule has 1 fully saturated rings. The number of aliphatic hydroxyl groups is 1. The van der Waals surface area contributed by atoms with E-state index in [0.717, 1.165) is 12.8 Å². The molecule has 2 atom stereocenters. The Morgan fingerprint density at radius 2 is 2.35 bits per heavy atom. The molecule has 1 aliphatic rings. The van der Waals surface area contributed by atoms with Crippen LogP contribution in [0.3, 0.4) is 0 Å². The van der Waals surface area contributed by atoms with Crippen LogP contribution in [-0.4, -0.2) is 32.5 Å². The number of rotatable bonds is 5. The van der Waals surface area contributed by atoms with E-state index in [9.17, 15) is 9.90 Å². The molecule has 1 aromatic rings. The van der Waals surface area contributed by atoms with Crippen LogP contribution in [0.2, 0.25) is 0 Å². The Hall–Kier alpha value is -1.63. The average Bonchev–Trinajstić information content (AvgIpc) is 3.03. The minimum absolute atomic E-state index is 0.146. The van der Waals surface area contributed by atoms with Crippen molar-refractivity contribution in [1.29, 1.82) is 0 Å². The number of nitrogens with one attached hydrogen (secondary N) is 1. The van der Waals surface area contributed by atoms with E-state index in [2.05, 4.69) is 15.5 Å². The molecule has 2 rings (SSSR count). The molecule has 1 saturated carbocycles. The Morgan fingerprint density at radius 1 is 1.65 bits per heavy atom. The predicted molar refractivity (Wildman–Crippen MR) is 56.5 cm³/mol. The van der Waals surface area contributed by atoms with Gasteiger partial charge in [0.15, 0.2) is 0 Å². The topological polar surface area (TPSA) is 108 Å². The maximum atomic E-state index is 10.5. The molecule has 0 saturated heterocycles. The summed E-state index contributed by atoms with van der Waals surface area (Å²) in [6, 6.07) is -0.628. The van der Waals surface area contributed by atoms with Gasteiger partial charge in [-0.15, -0.1) is 0 Å². The molecule has 0 aliphatic heterocycles.